The van der Waals surface area contributed by atoms with Crippen LogP contribution in [0.25, 0.3) is 0 Å². The van der Waals surface area contributed by atoms with E-state index >= 15 is 0 Å². The Morgan fingerprint density at radius 1 is 1.13 bits per heavy atom. The van der Waals surface area contributed by atoms with Gasteiger partial charge >= 0.3 is 0 Å². The van der Waals surface area contributed by atoms with Crippen LogP contribution in [0.5, 0.6) is 5.75 Å². The summed E-state index contributed by atoms with van der Waals surface area (Å²) in [5.74, 6) is 0.112. The minimum atomic E-state index is -0.439. The van der Waals surface area contributed by atoms with Gasteiger partial charge in [0.25, 0.3) is 5.91 Å². The smallest absolute Gasteiger partial charge is 0.282 e. The molecule has 5 heteroatoms. The molecule has 3 N–H and O–H groups in total. The number of hydrogen-bond donors (Lipinski definition) is 2. The van der Waals surface area contributed by atoms with Crippen molar-refractivity contribution in [2.24, 2.45) is 0 Å². The summed E-state index contributed by atoms with van der Waals surface area (Å²) in [6.07, 6.45) is 0. The van der Waals surface area contributed by atoms with E-state index < -0.39 is 5.82 Å². The molecule has 0 aliphatic carbocycles. The zero-order valence-corrected chi connectivity index (χ0v) is 13.5. The number of ether oxygens (including phenoxy) is 1. The number of nitrogens with two attached hydrogens (primary N) is 1. The molecule has 0 aliphatic rings. The Morgan fingerprint density at radius 2 is 1.78 bits per heavy atom. The van der Waals surface area contributed by atoms with Crippen LogP contribution in [0, 0.1) is 5.82 Å². The standard InChI is InChI=1S/C18H21FN2O2/c1-12(14-8-4-7-11-17(14)23-3)20-13(2)18(22)21-16-10-6-5-9-15(16)19/h4-13,20H,1-3H3,(H,21,22)/p+1/t12-,13+/m1/s1. The Bertz CT molecular complexity index is 676. The number of anilines is 1. The third-order valence-electron chi connectivity index (χ3n) is 3.75. The number of rotatable bonds is 6. The van der Waals surface area contributed by atoms with Crippen molar-refractivity contribution < 1.29 is 19.2 Å². The van der Waals surface area contributed by atoms with Gasteiger partial charge in [0.1, 0.15) is 17.6 Å². The highest BCUT2D eigenvalue weighted by Gasteiger charge is 2.22. The lowest BCUT2D eigenvalue weighted by atomic mass is 10.1. The average Bonchev–Trinajstić information content (AvgIpc) is 2.56. The average molecular weight is 317 g/mol. The van der Waals surface area contributed by atoms with Crippen LogP contribution in [0.4, 0.5) is 10.1 Å². The number of methoxy groups -OCH3 is 1. The van der Waals surface area contributed by atoms with Gasteiger partial charge in [-0.25, -0.2) is 4.39 Å². The van der Waals surface area contributed by atoms with Gasteiger partial charge < -0.3 is 15.4 Å². The summed E-state index contributed by atoms with van der Waals surface area (Å²) >= 11 is 0. The van der Waals surface area contributed by atoms with Gasteiger partial charge in [0.15, 0.2) is 6.04 Å². The Labute approximate surface area is 135 Å². The van der Waals surface area contributed by atoms with Gasteiger partial charge in [0, 0.05) is 0 Å². The zero-order valence-electron chi connectivity index (χ0n) is 13.5. The molecule has 0 fully saturated rings. The summed E-state index contributed by atoms with van der Waals surface area (Å²) in [4.78, 5) is 12.2. The molecule has 1 amide bonds. The lowest BCUT2D eigenvalue weighted by Gasteiger charge is -2.18. The van der Waals surface area contributed by atoms with Crippen molar-refractivity contribution >= 4 is 11.6 Å². The molecule has 0 saturated heterocycles. The normalized spacial score (nSPS) is 13.2. The first kappa shape index (κ1) is 17.0. The fraction of sp³-hybridized carbons (Fsp3) is 0.278. The van der Waals surface area contributed by atoms with Gasteiger partial charge in [-0.3, -0.25) is 4.79 Å². The predicted molar refractivity (Wildman–Crippen MR) is 87.8 cm³/mol. The zero-order chi connectivity index (χ0) is 16.8. The van der Waals surface area contributed by atoms with Gasteiger partial charge in [-0.05, 0) is 38.1 Å². The molecule has 122 valence electrons. The van der Waals surface area contributed by atoms with Crippen LogP contribution >= 0.6 is 0 Å². The molecule has 0 saturated carbocycles. The van der Waals surface area contributed by atoms with Crippen LogP contribution in [-0.4, -0.2) is 19.1 Å². The molecule has 2 rings (SSSR count). The summed E-state index contributed by atoms with van der Waals surface area (Å²) in [5, 5.41) is 4.54. The molecular formula is C18H22FN2O2+. The Balaban J connectivity index is 2.02. The van der Waals surface area contributed by atoms with Crippen LogP contribution in [0.2, 0.25) is 0 Å². The summed E-state index contributed by atoms with van der Waals surface area (Å²) in [6.45, 7) is 3.80. The molecule has 0 unspecified atom stereocenters. The molecule has 2 atom stereocenters. The van der Waals surface area contributed by atoms with E-state index in [4.69, 9.17) is 4.74 Å². The minimum absolute atomic E-state index is 0.0347. The SMILES string of the molecule is COc1ccccc1[C@@H](C)[NH2+][C@@H](C)C(=O)Nc1ccccc1F. The van der Waals surface area contributed by atoms with Crippen molar-refractivity contribution in [2.75, 3.05) is 12.4 Å². The highest BCUT2D eigenvalue weighted by atomic mass is 19.1. The number of nitrogens with one attached hydrogen (secondary N) is 1. The third-order valence-corrected chi connectivity index (χ3v) is 3.75. The van der Waals surface area contributed by atoms with Crippen LogP contribution in [0.15, 0.2) is 48.5 Å². The predicted octanol–water partition coefficient (Wildman–Crippen LogP) is 2.49. The third kappa shape index (κ3) is 4.29. The second-order valence-corrected chi connectivity index (χ2v) is 5.48. The lowest BCUT2D eigenvalue weighted by molar-refractivity contribution is -0.709. The first-order chi connectivity index (χ1) is 11.0. The van der Waals surface area contributed by atoms with E-state index in [0.29, 0.717) is 0 Å². The fourth-order valence-corrected chi connectivity index (χ4v) is 2.48. The van der Waals surface area contributed by atoms with E-state index in [1.54, 1.807) is 32.2 Å². The molecule has 4 nitrogen and oxygen atoms in total. The largest absolute Gasteiger partial charge is 0.496 e. The molecule has 0 aliphatic heterocycles. The van der Waals surface area contributed by atoms with Crippen molar-refractivity contribution in [1.29, 1.82) is 0 Å². The maximum atomic E-state index is 13.6. The van der Waals surface area contributed by atoms with E-state index in [9.17, 15) is 9.18 Å². The molecule has 2 aromatic carbocycles. The second-order valence-electron chi connectivity index (χ2n) is 5.48. The van der Waals surface area contributed by atoms with Gasteiger partial charge in [0.05, 0.1) is 18.4 Å². The highest BCUT2D eigenvalue weighted by Crippen LogP contribution is 2.22. The first-order valence-corrected chi connectivity index (χ1v) is 7.56. The van der Waals surface area contributed by atoms with Gasteiger partial charge in [0.2, 0.25) is 0 Å². The van der Waals surface area contributed by atoms with Crippen molar-refractivity contribution in [3.05, 3.63) is 59.9 Å². The summed E-state index contributed by atoms with van der Waals surface area (Å²) < 4.78 is 18.9. The summed E-state index contributed by atoms with van der Waals surface area (Å²) in [6, 6.07) is 13.5. The van der Waals surface area contributed by atoms with Crippen LogP contribution in [0.1, 0.15) is 25.5 Å². The van der Waals surface area contributed by atoms with Gasteiger partial charge in [-0.1, -0.05) is 24.3 Å². The van der Waals surface area contributed by atoms with Crippen LogP contribution < -0.4 is 15.4 Å². The van der Waals surface area contributed by atoms with E-state index in [-0.39, 0.29) is 23.7 Å². The quantitative estimate of drug-likeness (QED) is 0.860. The Hall–Kier alpha value is -2.40. The van der Waals surface area contributed by atoms with Crippen LogP contribution in [0.3, 0.4) is 0 Å². The van der Waals surface area contributed by atoms with E-state index in [1.165, 1.54) is 6.07 Å². The lowest BCUT2D eigenvalue weighted by Crippen LogP contribution is -2.91. The number of amides is 1. The molecule has 23 heavy (non-hydrogen) atoms. The van der Waals surface area contributed by atoms with Gasteiger partial charge in [-0.15, -0.1) is 0 Å². The maximum Gasteiger partial charge on any atom is 0.282 e. The summed E-state index contributed by atoms with van der Waals surface area (Å²) in [7, 11) is 1.62. The first-order valence-electron chi connectivity index (χ1n) is 7.56. The molecule has 0 radical (unpaired) electrons. The van der Waals surface area contributed by atoms with E-state index in [0.717, 1.165) is 11.3 Å². The Morgan fingerprint density at radius 3 is 2.48 bits per heavy atom. The van der Waals surface area contributed by atoms with Crippen molar-refractivity contribution in [2.45, 2.75) is 25.9 Å². The van der Waals surface area contributed by atoms with Gasteiger partial charge in [-0.2, -0.15) is 0 Å². The second kappa shape index (κ2) is 7.74. The van der Waals surface area contributed by atoms with E-state index in [1.807, 2.05) is 36.5 Å². The number of carbonyl (C=O) groups is 1. The minimum Gasteiger partial charge on any atom is -0.496 e. The van der Waals surface area contributed by atoms with Crippen LogP contribution in [-0.2, 0) is 4.79 Å². The Kier molecular flexibility index (Phi) is 5.71. The number of carbonyl (C=O) groups excluding carboxylic acids is 1. The molecular weight excluding hydrogens is 295 g/mol. The number of halogens is 1. The molecule has 0 aromatic heterocycles. The molecule has 0 heterocycles. The maximum absolute atomic E-state index is 13.6. The number of para-hydroxylation sites is 2. The number of hydrogen-bond acceptors (Lipinski definition) is 2. The van der Waals surface area contributed by atoms with E-state index in [2.05, 4.69) is 5.32 Å². The highest BCUT2D eigenvalue weighted by molar-refractivity contribution is 5.93. The topological polar surface area (TPSA) is 54.9 Å². The fourth-order valence-electron chi connectivity index (χ4n) is 2.48. The van der Waals surface area contributed by atoms with Crippen molar-refractivity contribution in [1.82, 2.24) is 0 Å². The molecule has 0 spiro atoms. The monoisotopic (exact) mass is 317 g/mol. The number of benzene rings is 2. The molecule has 0 bridgehead atoms. The number of quaternary nitrogens is 1. The van der Waals surface area contributed by atoms with Crippen molar-refractivity contribution in [3.63, 3.8) is 0 Å². The molecule has 2 aromatic rings. The summed E-state index contributed by atoms with van der Waals surface area (Å²) in [5.41, 5.74) is 1.21. The van der Waals surface area contributed by atoms with Crippen molar-refractivity contribution in [3.8, 4) is 5.75 Å².